The molecular weight excluding hydrogens is 386 g/mol. The number of anilines is 1. The van der Waals surface area contributed by atoms with E-state index in [4.69, 9.17) is 0 Å². The van der Waals surface area contributed by atoms with Crippen molar-refractivity contribution in [1.82, 2.24) is 5.32 Å². The van der Waals surface area contributed by atoms with Crippen LogP contribution in [0.3, 0.4) is 0 Å². The van der Waals surface area contributed by atoms with E-state index in [9.17, 15) is 18.0 Å². The Hall–Kier alpha value is -2.91. The Morgan fingerprint density at radius 3 is 2.37 bits per heavy atom. The normalized spacial score (nSPS) is 20.6. The molecule has 7 nitrogen and oxygen atoms in total. The number of thioether (sulfide) groups is 1. The van der Waals surface area contributed by atoms with Crippen LogP contribution in [0.2, 0.25) is 0 Å². The fourth-order valence-electron chi connectivity index (χ4n) is 2.74. The van der Waals surface area contributed by atoms with E-state index in [1.165, 1.54) is 12.1 Å². The maximum Gasteiger partial charge on any atom is 0.284 e. The molecule has 1 saturated heterocycles. The molecule has 2 aliphatic heterocycles. The number of sulfonamides is 1. The summed E-state index contributed by atoms with van der Waals surface area (Å²) in [4.78, 5) is 24.8. The highest BCUT2D eigenvalue weighted by Gasteiger charge is 2.35. The van der Waals surface area contributed by atoms with Gasteiger partial charge in [-0.05, 0) is 36.9 Å². The second-order valence-electron chi connectivity index (χ2n) is 5.94. The van der Waals surface area contributed by atoms with Gasteiger partial charge in [-0.2, -0.15) is 8.42 Å². The number of hydrogen-bond donors (Lipinski definition) is 2. The molecule has 1 fully saturated rings. The lowest BCUT2D eigenvalue weighted by atomic mass is 10.1. The fraction of sp³-hybridized carbons (Fsp3) is 0.0556. The Morgan fingerprint density at radius 2 is 1.63 bits per heavy atom. The van der Waals surface area contributed by atoms with Gasteiger partial charge in [-0.15, -0.1) is 4.40 Å². The highest BCUT2D eigenvalue weighted by Crippen LogP contribution is 2.39. The number of amidine groups is 1. The molecule has 0 atom stereocenters. The van der Waals surface area contributed by atoms with Gasteiger partial charge in [0.25, 0.3) is 21.8 Å². The third-order valence-electron chi connectivity index (χ3n) is 4.05. The molecule has 0 unspecified atom stereocenters. The lowest BCUT2D eigenvalue weighted by Crippen LogP contribution is -2.21. The standard InChI is InChI=1S/C18H13N3O4S2/c1-10-6-8-11(9-7-10)27(24,25)21-18-20-17(23)15(26-18)14-12-4-2-3-5-13(12)19-16(14)22/h2-9H,1H3,(H,19,22)(H,20,21,23). The van der Waals surface area contributed by atoms with E-state index in [2.05, 4.69) is 15.0 Å². The number of para-hydroxylation sites is 1. The van der Waals surface area contributed by atoms with Crippen LogP contribution in [-0.2, 0) is 19.6 Å². The number of carbonyl (C=O) groups is 2. The van der Waals surface area contributed by atoms with Gasteiger partial charge in [0.1, 0.15) is 0 Å². The van der Waals surface area contributed by atoms with E-state index in [0.717, 1.165) is 17.3 Å². The zero-order valence-corrected chi connectivity index (χ0v) is 15.6. The van der Waals surface area contributed by atoms with Gasteiger partial charge in [-0.25, -0.2) is 0 Å². The lowest BCUT2D eigenvalue weighted by Gasteiger charge is -2.00. The number of nitrogens with one attached hydrogen (secondary N) is 2. The van der Waals surface area contributed by atoms with Crippen LogP contribution in [0.25, 0.3) is 5.57 Å². The molecule has 136 valence electrons. The summed E-state index contributed by atoms with van der Waals surface area (Å²) in [5.74, 6) is -0.962. The second kappa shape index (κ2) is 6.36. The molecule has 2 amide bonds. The van der Waals surface area contributed by atoms with Crippen molar-refractivity contribution in [3.63, 3.8) is 0 Å². The highest BCUT2D eigenvalue weighted by atomic mass is 32.2. The van der Waals surface area contributed by atoms with Crippen LogP contribution in [-0.4, -0.2) is 25.4 Å². The highest BCUT2D eigenvalue weighted by molar-refractivity contribution is 8.19. The molecule has 0 bridgehead atoms. The van der Waals surface area contributed by atoms with Crippen molar-refractivity contribution < 1.29 is 18.0 Å². The third kappa shape index (κ3) is 3.15. The summed E-state index contributed by atoms with van der Waals surface area (Å²) >= 11 is 0.837. The number of aryl methyl sites for hydroxylation is 1. The predicted molar refractivity (Wildman–Crippen MR) is 104 cm³/mol. The zero-order chi connectivity index (χ0) is 19.2. The minimum atomic E-state index is -3.98. The average molecular weight is 399 g/mol. The Kier molecular flexibility index (Phi) is 4.12. The first-order chi connectivity index (χ1) is 12.8. The number of benzene rings is 2. The molecule has 9 heteroatoms. The number of hydrogen-bond acceptors (Lipinski definition) is 5. The van der Waals surface area contributed by atoms with Gasteiger partial charge >= 0.3 is 0 Å². The summed E-state index contributed by atoms with van der Waals surface area (Å²) in [7, 11) is -3.98. The molecule has 2 aromatic rings. The van der Waals surface area contributed by atoms with Gasteiger partial charge in [0, 0.05) is 11.3 Å². The van der Waals surface area contributed by atoms with Gasteiger partial charge in [-0.3, -0.25) is 14.9 Å². The Balaban J connectivity index is 1.72. The van der Waals surface area contributed by atoms with E-state index in [1.54, 1.807) is 36.4 Å². The lowest BCUT2D eigenvalue weighted by molar-refractivity contribution is -0.115. The monoisotopic (exact) mass is 399 g/mol. The molecule has 2 N–H and O–H groups in total. The molecule has 0 radical (unpaired) electrons. The van der Waals surface area contributed by atoms with Crippen molar-refractivity contribution in [2.24, 2.45) is 4.40 Å². The minimum absolute atomic E-state index is 0.0282. The molecular formula is C18H13N3O4S2. The molecule has 2 aromatic carbocycles. The van der Waals surface area contributed by atoms with Crippen molar-refractivity contribution in [3.8, 4) is 0 Å². The average Bonchev–Trinajstić information content (AvgIpc) is 3.13. The van der Waals surface area contributed by atoms with Crippen LogP contribution < -0.4 is 10.6 Å². The predicted octanol–water partition coefficient (Wildman–Crippen LogP) is 2.27. The van der Waals surface area contributed by atoms with E-state index in [-0.39, 0.29) is 20.5 Å². The maximum atomic E-state index is 12.4. The summed E-state index contributed by atoms with van der Waals surface area (Å²) in [6, 6.07) is 13.2. The molecule has 0 saturated carbocycles. The van der Waals surface area contributed by atoms with Crippen molar-refractivity contribution in [2.45, 2.75) is 11.8 Å². The topological polar surface area (TPSA) is 105 Å². The van der Waals surface area contributed by atoms with Gasteiger partial charge < -0.3 is 5.32 Å². The number of fused-ring (bicyclic) bond motifs is 1. The summed E-state index contributed by atoms with van der Waals surface area (Å²) in [6.45, 7) is 1.85. The minimum Gasteiger partial charge on any atom is -0.321 e. The van der Waals surface area contributed by atoms with Gasteiger partial charge in [0.15, 0.2) is 5.17 Å². The summed E-state index contributed by atoms with van der Waals surface area (Å²) in [5.41, 5.74) is 2.34. The quantitative estimate of drug-likeness (QED) is 0.754. The third-order valence-corrected chi connectivity index (χ3v) is 6.43. The first-order valence-corrected chi connectivity index (χ1v) is 10.2. The molecule has 2 aliphatic rings. The number of amides is 2. The van der Waals surface area contributed by atoms with Crippen LogP contribution >= 0.6 is 11.8 Å². The molecule has 0 aromatic heterocycles. The Morgan fingerprint density at radius 1 is 0.926 bits per heavy atom. The number of nitrogens with zero attached hydrogens (tertiary/aromatic N) is 1. The summed E-state index contributed by atoms with van der Waals surface area (Å²) in [5, 5.41) is 5.03. The van der Waals surface area contributed by atoms with Gasteiger partial charge in [0.05, 0.1) is 15.4 Å². The first kappa shape index (κ1) is 17.5. The smallest absolute Gasteiger partial charge is 0.284 e. The Labute approximate surface area is 159 Å². The Bertz CT molecular complexity index is 1150. The van der Waals surface area contributed by atoms with E-state index >= 15 is 0 Å². The second-order valence-corrected chi connectivity index (χ2v) is 8.55. The van der Waals surface area contributed by atoms with E-state index in [0.29, 0.717) is 11.3 Å². The maximum absolute atomic E-state index is 12.4. The summed E-state index contributed by atoms with van der Waals surface area (Å²) in [6.07, 6.45) is 0. The molecule has 0 spiro atoms. The van der Waals surface area contributed by atoms with E-state index < -0.39 is 21.8 Å². The molecule has 27 heavy (non-hydrogen) atoms. The number of rotatable bonds is 2. The van der Waals surface area contributed by atoms with Crippen LogP contribution in [0.5, 0.6) is 0 Å². The molecule has 4 rings (SSSR count). The van der Waals surface area contributed by atoms with Crippen molar-refractivity contribution in [3.05, 3.63) is 64.6 Å². The molecule has 0 aliphatic carbocycles. The van der Waals surface area contributed by atoms with Gasteiger partial charge in [0.2, 0.25) is 0 Å². The van der Waals surface area contributed by atoms with Crippen molar-refractivity contribution in [1.29, 1.82) is 0 Å². The van der Waals surface area contributed by atoms with E-state index in [1.807, 2.05) is 6.92 Å². The van der Waals surface area contributed by atoms with Crippen LogP contribution in [0.4, 0.5) is 5.69 Å². The van der Waals surface area contributed by atoms with Crippen LogP contribution in [0.1, 0.15) is 11.1 Å². The molecule has 2 heterocycles. The largest absolute Gasteiger partial charge is 0.321 e. The fourth-order valence-corrected chi connectivity index (χ4v) is 4.82. The van der Waals surface area contributed by atoms with Crippen LogP contribution in [0.15, 0.2) is 62.7 Å². The van der Waals surface area contributed by atoms with Crippen molar-refractivity contribution >= 4 is 50.0 Å². The van der Waals surface area contributed by atoms with Gasteiger partial charge in [-0.1, -0.05) is 35.9 Å². The number of carbonyl (C=O) groups excluding carboxylic acids is 2. The first-order valence-electron chi connectivity index (χ1n) is 7.91. The SMILES string of the molecule is Cc1ccc(S(=O)(=O)N=C2NC(=O)C(=C3C(=O)Nc4ccccc43)S2)cc1. The zero-order valence-electron chi connectivity index (χ0n) is 14.0. The van der Waals surface area contributed by atoms with Crippen LogP contribution in [0, 0.1) is 6.92 Å². The van der Waals surface area contributed by atoms with Crippen molar-refractivity contribution in [2.75, 3.05) is 5.32 Å². The summed E-state index contributed by atoms with van der Waals surface area (Å²) < 4.78 is 28.6.